The van der Waals surface area contributed by atoms with E-state index in [2.05, 4.69) is 36.4 Å². The summed E-state index contributed by atoms with van der Waals surface area (Å²) in [6.07, 6.45) is 2.29. The maximum atomic E-state index is 14.1. The number of nitrogens with zero attached hydrogens (tertiary/aromatic N) is 2. The monoisotopic (exact) mass is 687 g/mol. The van der Waals surface area contributed by atoms with Gasteiger partial charge in [-0.25, -0.2) is 4.79 Å². The number of rotatable bonds is 13. The van der Waals surface area contributed by atoms with E-state index >= 15 is 0 Å². The van der Waals surface area contributed by atoms with Crippen molar-refractivity contribution < 1.29 is 23.9 Å². The molecule has 3 aromatic carbocycles. The number of ether oxygens (including phenoxy) is 2. The minimum absolute atomic E-state index is 0.0450. The molecule has 12 nitrogen and oxygen atoms in total. The minimum Gasteiger partial charge on any atom is -0.453 e. The lowest BCUT2D eigenvalue weighted by molar-refractivity contribution is -0.118. The Morgan fingerprint density at radius 2 is 1.61 bits per heavy atom. The summed E-state index contributed by atoms with van der Waals surface area (Å²) in [6, 6.07) is 33.1. The highest BCUT2D eigenvalue weighted by Gasteiger charge is 2.33. The Morgan fingerprint density at radius 1 is 0.902 bits per heavy atom. The molecule has 1 aliphatic heterocycles. The highest BCUT2D eigenvalue weighted by Crippen LogP contribution is 2.30. The smallest absolute Gasteiger partial charge is 0.407 e. The summed E-state index contributed by atoms with van der Waals surface area (Å²) in [5, 5.41) is 19.3. The Labute approximate surface area is 296 Å². The quantitative estimate of drug-likeness (QED) is 0.119. The molecule has 12 heteroatoms. The van der Waals surface area contributed by atoms with Gasteiger partial charge in [0.2, 0.25) is 5.91 Å². The number of carbonyl (C=O) groups excluding carboxylic acids is 3. The van der Waals surface area contributed by atoms with Crippen LogP contribution in [0, 0.1) is 0 Å². The zero-order valence-corrected chi connectivity index (χ0v) is 28.3. The van der Waals surface area contributed by atoms with E-state index in [1.54, 1.807) is 12.3 Å². The van der Waals surface area contributed by atoms with Gasteiger partial charge < -0.3 is 30.7 Å². The van der Waals surface area contributed by atoms with Gasteiger partial charge in [0.15, 0.2) is 0 Å². The molecule has 1 fully saturated rings. The summed E-state index contributed by atoms with van der Waals surface area (Å²) < 4.78 is 11.1. The van der Waals surface area contributed by atoms with Crippen LogP contribution in [0.1, 0.15) is 39.5 Å². The van der Waals surface area contributed by atoms with Gasteiger partial charge in [0.25, 0.3) is 5.91 Å². The maximum absolute atomic E-state index is 14.1. The van der Waals surface area contributed by atoms with E-state index in [-0.39, 0.29) is 24.0 Å². The number of aryl methyl sites for hydroxylation is 1. The third kappa shape index (κ3) is 9.24. The molecule has 51 heavy (non-hydrogen) atoms. The fourth-order valence-corrected chi connectivity index (χ4v) is 6.15. The van der Waals surface area contributed by atoms with Crippen molar-refractivity contribution in [1.82, 2.24) is 31.1 Å². The predicted octanol–water partition coefficient (Wildman–Crippen LogP) is 4.69. The normalized spacial score (nSPS) is 16.2. The number of methoxy groups -OCH3 is 1. The molecule has 0 radical (unpaired) electrons. The maximum Gasteiger partial charge on any atom is 0.407 e. The van der Waals surface area contributed by atoms with Crippen LogP contribution in [0.2, 0.25) is 0 Å². The number of amides is 3. The number of anilines is 1. The molecule has 6 rings (SSSR count). The Kier molecular flexibility index (Phi) is 11.8. The average molecular weight is 688 g/mol. The number of benzene rings is 3. The lowest BCUT2D eigenvalue weighted by Crippen LogP contribution is -2.51. The molecule has 3 atom stereocenters. The van der Waals surface area contributed by atoms with Gasteiger partial charge in [-0.2, -0.15) is 5.10 Å². The van der Waals surface area contributed by atoms with Crippen LogP contribution < -0.4 is 21.3 Å². The molecule has 1 saturated heterocycles. The first-order valence-electron chi connectivity index (χ1n) is 16.9. The van der Waals surface area contributed by atoms with E-state index < -0.39 is 18.1 Å². The second kappa shape index (κ2) is 17.2. The molecule has 3 amide bonds. The molecule has 2 aromatic heterocycles. The van der Waals surface area contributed by atoms with Gasteiger partial charge in [-0.1, -0.05) is 84.9 Å². The van der Waals surface area contributed by atoms with Gasteiger partial charge in [0.05, 0.1) is 25.5 Å². The number of aromatic nitrogens is 3. The van der Waals surface area contributed by atoms with E-state index in [0.717, 1.165) is 16.7 Å². The summed E-state index contributed by atoms with van der Waals surface area (Å²) in [5.74, 6) is -1.09. The number of hydrogen-bond acceptors (Lipinski definition) is 8. The Balaban J connectivity index is 1.04. The van der Waals surface area contributed by atoms with Crippen molar-refractivity contribution in [2.75, 3.05) is 32.1 Å². The fourth-order valence-electron chi connectivity index (χ4n) is 6.15. The largest absolute Gasteiger partial charge is 0.453 e. The van der Waals surface area contributed by atoms with Crippen molar-refractivity contribution in [2.45, 2.75) is 36.9 Å². The second-order valence-corrected chi connectivity index (χ2v) is 12.3. The third-order valence-corrected chi connectivity index (χ3v) is 8.83. The summed E-state index contributed by atoms with van der Waals surface area (Å²) in [5.41, 5.74) is 5.01. The predicted molar refractivity (Wildman–Crippen MR) is 193 cm³/mol. The summed E-state index contributed by atoms with van der Waals surface area (Å²) in [7, 11) is 1.28. The van der Waals surface area contributed by atoms with Gasteiger partial charge >= 0.3 is 6.09 Å². The SMILES string of the molecule is COC(=O)N[C@H](C(=O)Nc1ccccc1CC[C@@H]1CN[C@H](CNC(=O)c2cc(-c3ccccn3)n[nH]2)CO1)C(c1ccccc1)c1ccccc1. The molecule has 0 unspecified atom stereocenters. The van der Waals surface area contributed by atoms with E-state index in [4.69, 9.17) is 9.47 Å². The van der Waals surface area contributed by atoms with E-state index in [1.807, 2.05) is 103 Å². The summed E-state index contributed by atoms with van der Waals surface area (Å²) in [6.45, 7) is 1.45. The highest BCUT2D eigenvalue weighted by molar-refractivity contribution is 5.98. The Hall–Kier alpha value is -5.85. The van der Waals surface area contributed by atoms with Crippen LogP contribution in [0.3, 0.4) is 0 Å². The number of alkyl carbamates (subject to hydrolysis) is 1. The average Bonchev–Trinajstić information content (AvgIpc) is 3.69. The first-order chi connectivity index (χ1) is 25.0. The number of carbonyl (C=O) groups is 3. The van der Waals surface area contributed by atoms with Gasteiger partial charge in [-0.3, -0.25) is 19.7 Å². The number of nitrogens with one attached hydrogen (secondary N) is 5. The van der Waals surface area contributed by atoms with Crippen molar-refractivity contribution in [3.63, 3.8) is 0 Å². The minimum atomic E-state index is -0.963. The number of para-hydroxylation sites is 1. The van der Waals surface area contributed by atoms with Crippen LogP contribution in [0.5, 0.6) is 0 Å². The Bertz CT molecular complexity index is 1840. The molecule has 3 heterocycles. The zero-order valence-electron chi connectivity index (χ0n) is 28.3. The van der Waals surface area contributed by atoms with Crippen molar-refractivity contribution in [2.24, 2.45) is 0 Å². The molecule has 0 aliphatic carbocycles. The Morgan fingerprint density at radius 3 is 2.27 bits per heavy atom. The van der Waals surface area contributed by atoms with Crippen molar-refractivity contribution in [3.8, 4) is 11.4 Å². The van der Waals surface area contributed by atoms with E-state index in [1.165, 1.54) is 7.11 Å². The molecule has 262 valence electrons. The third-order valence-electron chi connectivity index (χ3n) is 8.83. The number of aromatic amines is 1. The van der Waals surface area contributed by atoms with Crippen LogP contribution in [-0.2, 0) is 20.7 Å². The fraction of sp³-hybridized carbons (Fsp3) is 0.256. The number of H-pyrrole nitrogens is 1. The first kappa shape index (κ1) is 35.0. The molecule has 5 N–H and O–H groups in total. The van der Waals surface area contributed by atoms with Crippen LogP contribution in [0.25, 0.3) is 11.4 Å². The lowest BCUT2D eigenvalue weighted by atomic mass is 9.84. The van der Waals surface area contributed by atoms with Crippen molar-refractivity contribution in [1.29, 1.82) is 0 Å². The molecular weight excluding hydrogens is 646 g/mol. The van der Waals surface area contributed by atoms with Gasteiger partial charge in [-0.15, -0.1) is 0 Å². The number of morpholine rings is 1. The van der Waals surface area contributed by atoms with Crippen LogP contribution in [0.4, 0.5) is 10.5 Å². The van der Waals surface area contributed by atoms with E-state index in [0.29, 0.717) is 55.3 Å². The number of hydrogen-bond donors (Lipinski definition) is 5. The highest BCUT2D eigenvalue weighted by atomic mass is 16.5. The molecule has 0 saturated carbocycles. The van der Waals surface area contributed by atoms with Crippen molar-refractivity contribution in [3.05, 3.63) is 138 Å². The lowest BCUT2D eigenvalue weighted by Gasteiger charge is -2.31. The molecule has 0 spiro atoms. The standard InChI is InChI=1S/C39H41N7O5/c1-50-39(49)44-36(35(27-13-4-2-5-14-27)28-15-6-3-7-16-28)38(48)43-31-17-9-8-12-26(31)19-20-30-24-41-29(25-51-30)23-42-37(47)34-22-33(45-46-34)32-18-10-11-21-40-32/h2-18,21-22,29-30,35-36,41H,19-20,23-25H2,1H3,(H,42,47)(H,43,48)(H,44,49)(H,45,46)/t29-,30-,36+/m1/s1. The molecular formula is C39H41N7O5. The summed E-state index contributed by atoms with van der Waals surface area (Å²) in [4.78, 5) is 43.6. The van der Waals surface area contributed by atoms with Gasteiger partial charge in [0, 0.05) is 36.9 Å². The van der Waals surface area contributed by atoms with Crippen LogP contribution in [-0.4, -0.2) is 78.1 Å². The van der Waals surface area contributed by atoms with Gasteiger partial charge in [0.1, 0.15) is 17.4 Å². The first-order valence-corrected chi connectivity index (χ1v) is 16.9. The zero-order chi connectivity index (χ0) is 35.4. The van der Waals surface area contributed by atoms with Crippen molar-refractivity contribution >= 4 is 23.6 Å². The summed E-state index contributed by atoms with van der Waals surface area (Å²) >= 11 is 0. The molecule has 0 bridgehead atoms. The molecule has 5 aromatic rings. The van der Waals surface area contributed by atoms with Crippen LogP contribution >= 0.6 is 0 Å². The van der Waals surface area contributed by atoms with Gasteiger partial charge in [-0.05, 0) is 53.8 Å². The number of pyridine rings is 1. The molecule has 1 aliphatic rings. The topological polar surface area (TPSA) is 159 Å². The van der Waals surface area contributed by atoms with Crippen LogP contribution in [0.15, 0.2) is 115 Å². The van der Waals surface area contributed by atoms with E-state index in [9.17, 15) is 14.4 Å². The second-order valence-electron chi connectivity index (χ2n) is 12.3.